The number of ether oxygens (including phenoxy) is 3. The Labute approximate surface area is 852 Å². The monoisotopic (exact) mass is 2350 g/mol. The molecule has 0 aliphatic carbocycles. The molecular weight excluding hydrogens is 2260 g/mol. The molecule has 0 radical (unpaired) electrons. The molecule has 24 aromatic rings. The summed E-state index contributed by atoms with van der Waals surface area (Å²) in [5.41, 5.74) is 20.8. The molecule has 0 saturated carbocycles. The number of hydrogen-bond acceptors (Lipinski definition) is 9. The van der Waals surface area contributed by atoms with E-state index in [9.17, 15) is 0 Å². The Bertz CT molecular complexity index is 8450. The molecular formula is C121H87B2N9O3Pt3Si. The van der Waals surface area contributed by atoms with Crippen molar-refractivity contribution in [2.24, 2.45) is 0 Å². The number of nitrogens with zero attached hydrogens (tertiary/aromatic N) is 9. The average Bonchev–Trinajstić information content (AvgIpc) is 1.72. The van der Waals surface area contributed by atoms with Crippen molar-refractivity contribution in [2.45, 2.75) is 46.5 Å². The van der Waals surface area contributed by atoms with Gasteiger partial charge in [-0.15, -0.1) is 112 Å². The van der Waals surface area contributed by atoms with Gasteiger partial charge in [-0.1, -0.05) is 297 Å². The maximum atomic E-state index is 6.23. The van der Waals surface area contributed by atoms with E-state index in [0.717, 1.165) is 137 Å². The Morgan fingerprint density at radius 3 is 1.09 bits per heavy atom. The first-order valence-corrected chi connectivity index (χ1v) is 48.0. The summed E-state index contributed by atoms with van der Waals surface area (Å²) in [6, 6.07) is 157. The molecule has 18 heteroatoms. The van der Waals surface area contributed by atoms with Crippen molar-refractivity contribution in [3.8, 4) is 57.4 Å². The van der Waals surface area contributed by atoms with E-state index in [1.54, 1.807) is 18.6 Å². The number of pyridine rings is 6. The van der Waals surface area contributed by atoms with Crippen molar-refractivity contribution in [3.63, 3.8) is 0 Å². The van der Waals surface area contributed by atoms with Crippen LogP contribution in [0.2, 0.25) is 0 Å². The van der Waals surface area contributed by atoms with Crippen LogP contribution in [-0.2, 0) is 63.2 Å². The maximum absolute atomic E-state index is 6.23. The number of rotatable bonds is 20. The van der Waals surface area contributed by atoms with Crippen molar-refractivity contribution < 1.29 is 77.4 Å². The molecule has 15 aromatic carbocycles. The van der Waals surface area contributed by atoms with Crippen LogP contribution < -0.4 is 67.7 Å². The summed E-state index contributed by atoms with van der Waals surface area (Å²) in [7, 11) is -2.96. The number of imidazole rings is 3. The zero-order chi connectivity index (χ0) is 91.6. The van der Waals surface area contributed by atoms with Crippen molar-refractivity contribution in [2.75, 3.05) is 0 Å². The summed E-state index contributed by atoms with van der Waals surface area (Å²) in [6.07, 6.45) is 11.2. The van der Waals surface area contributed by atoms with Gasteiger partial charge < -0.3 is 27.4 Å². The number of fused-ring (bicyclic) bond motifs is 18. The summed E-state index contributed by atoms with van der Waals surface area (Å²) < 4.78 is 25.3. The van der Waals surface area contributed by atoms with Crippen LogP contribution in [0.15, 0.2) is 425 Å². The smallest absolute Gasteiger partial charge is 0.466 e. The molecule has 0 bridgehead atoms. The Balaban J connectivity index is 0.000000132. The summed E-state index contributed by atoms with van der Waals surface area (Å²) in [5, 5.41) is 14.6. The van der Waals surface area contributed by atoms with Gasteiger partial charge in [0.05, 0.1) is 28.3 Å². The van der Waals surface area contributed by atoms with Crippen LogP contribution in [-0.4, -0.2) is 64.6 Å². The Hall–Kier alpha value is -14.8. The van der Waals surface area contributed by atoms with Gasteiger partial charge in [0.15, 0.2) is 13.4 Å². The van der Waals surface area contributed by atoms with Gasteiger partial charge in [0.25, 0.3) is 0 Å². The van der Waals surface area contributed by atoms with Crippen molar-refractivity contribution in [3.05, 3.63) is 479 Å². The first-order chi connectivity index (χ1) is 67.0. The van der Waals surface area contributed by atoms with E-state index in [0.29, 0.717) is 46.7 Å². The molecule has 9 heterocycles. The Morgan fingerprint density at radius 1 is 0.281 bits per heavy atom. The molecule has 9 aromatic heterocycles. The largest absolute Gasteiger partial charge is 2.00 e. The van der Waals surface area contributed by atoms with Gasteiger partial charge in [-0.25, -0.2) is 15.0 Å². The third kappa shape index (κ3) is 18.1. The van der Waals surface area contributed by atoms with Crippen LogP contribution >= 0.6 is 0 Å². The number of benzene rings is 15. The van der Waals surface area contributed by atoms with E-state index in [-0.39, 0.29) is 76.6 Å². The molecule has 0 aliphatic rings. The maximum Gasteiger partial charge on any atom is 2.00 e. The zero-order valence-corrected chi connectivity index (χ0v) is 84.2. The normalized spacial score (nSPS) is 11.3. The van der Waals surface area contributed by atoms with Crippen LogP contribution in [0.25, 0.3) is 104 Å². The molecule has 139 heavy (non-hydrogen) atoms. The molecule has 0 unspecified atom stereocenters. The van der Waals surface area contributed by atoms with Gasteiger partial charge >= 0.3 is 63.2 Å². The van der Waals surface area contributed by atoms with Crippen LogP contribution in [0.3, 0.4) is 0 Å². The second kappa shape index (κ2) is 41.2. The summed E-state index contributed by atoms with van der Waals surface area (Å²) in [4.78, 5) is 28.1. The minimum Gasteiger partial charge on any atom is -0.466 e. The molecule has 674 valence electrons. The second-order valence-corrected chi connectivity index (χ2v) is 38.3. The van der Waals surface area contributed by atoms with Gasteiger partial charge in [-0.05, 0) is 98.4 Å². The van der Waals surface area contributed by atoms with Crippen LogP contribution in [0.4, 0.5) is 0 Å². The molecule has 0 saturated heterocycles. The second-order valence-electron chi connectivity index (χ2n) is 34.6. The standard InChI is InChI=1S/C44H36BN3O.C39H27N3OSi.C38H24BN3O.3Pt/c1-29(2)35-19-13-20-36(30(3)4)43(35)41-28-47-44-39-27-33(23-24-37(39)38-18-8-9-21-40(38)48(41)44)45(31-14-6-5-7-15-31)32-16-12-17-34(26-32)49-42-22-10-11-25-46-42;1-28-27-41-39-36-26-33(22-23-34(36)35-19-8-9-20-37(35)42(28)39)44(30-14-4-2-5-15-30,31-16-6-3-7-17-31)32-18-12-13-29(25-32)43-38-21-10-11-24-40-38;1-3-12-27(13-4-1)36-26-41-38-34-25-30(21-22-32(34)33-18-7-8-19-35(33)42(36)38)39(28-14-5-2-6-15-28)29-16-11-17-31(24-29)43-37-20-9-10-23-40-37;;;/h5-25,28-30H,1-4H3;2-24,27H,1H3;1-23,26H;;;/q3*-2;3*+2. The third-order valence-electron chi connectivity index (χ3n) is 25.7. The fourth-order valence-electron chi connectivity index (χ4n) is 19.6. The van der Waals surface area contributed by atoms with Crippen LogP contribution in [0, 0.1) is 43.3 Å². The van der Waals surface area contributed by atoms with E-state index in [1.165, 1.54) is 37.8 Å². The predicted molar refractivity (Wildman–Crippen MR) is 559 cm³/mol. The fraction of sp³-hybridized carbons (Fsp3) is 0.0579. The summed E-state index contributed by atoms with van der Waals surface area (Å²) >= 11 is 0. The third-order valence-corrected chi connectivity index (χ3v) is 30.3. The number of aryl methyl sites for hydroxylation is 1. The fourth-order valence-corrected chi connectivity index (χ4v) is 24.1. The Morgan fingerprint density at radius 2 is 0.633 bits per heavy atom. The van der Waals surface area contributed by atoms with E-state index in [2.05, 4.69) is 397 Å². The number of para-hydroxylation sites is 3. The predicted octanol–water partition coefficient (Wildman–Crippen LogP) is 21.6. The first kappa shape index (κ1) is 93.2. The van der Waals surface area contributed by atoms with Gasteiger partial charge in [0, 0.05) is 100 Å². The molecule has 0 N–H and O–H groups in total. The summed E-state index contributed by atoms with van der Waals surface area (Å²) in [5.74, 6) is 4.20. The molecule has 0 amide bonds. The van der Waals surface area contributed by atoms with Gasteiger partial charge in [-0.3, -0.25) is 15.0 Å². The van der Waals surface area contributed by atoms with Gasteiger partial charge in [0.2, 0.25) is 17.6 Å². The Kier molecular flexibility index (Phi) is 27.7. The van der Waals surface area contributed by atoms with E-state index < -0.39 is 8.07 Å². The van der Waals surface area contributed by atoms with E-state index in [1.807, 2.05) is 109 Å². The average molecular weight is 2350 g/mol. The first-order valence-electron chi connectivity index (χ1n) is 46.0. The molecule has 0 atom stereocenters. The molecule has 0 spiro atoms. The van der Waals surface area contributed by atoms with Gasteiger partial charge in [-0.2, -0.15) is 63.4 Å². The van der Waals surface area contributed by atoms with Crippen LogP contribution in [0.1, 0.15) is 56.4 Å². The number of hydrogen-bond donors (Lipinski definition) is 0. The number of aromatic nitrogens is 9. The van der Waals surface area contributed by atoms with Gasteiger partial charge in [0.1, 0.15) is 8.07 Å². The van der Waals surface area contributed by atoms with Crippen molar-refractivity contribution in [1.82, 2.24) is 43.1 Å². The molecule has 0 aliphatic heterocycles. The SMILES string of the molecule is CC(C)c1cccc(C(C)C)c1-c1cnc2c3[c-]c(B(c4[c-]c(Oc5ccccn5)ccc4)c4ccccc4)ccc3c3ccccc3n12.Cc1cnc2c3[c-]c([Si](c4[c-]c(Oc5ccccn5)ccc4)(c4ccccc4)c4ccccc4)ccc3c3ccccc3n12.[Pt+2].[Pt+2].[Pt+2].[c-]1c(Oc2ccccn2)cccc1B(c1[c-]c2c(cc1)c1ccccc1n1c(-c3ccccc3)cnc21)c1ccccc1. The van der Waals surface area contributed by atoms with Crippen LogP contribution in [0.5, 0.6) is 34.9 Å². The molecule has 24 rings (SSSR count). The van der Waals surface area contributed by atoms with E-state index in [4.69, 9.17) is 29.2 Å². The van der Waals surface area contributed by atoms with Crippen molar-refractivity contribution in [1.29, 1.82) is 0 Å². The van der Waals surface area contributed by atoms with Crippen molar-refractivity contribution >= 4 is 157 Å². The quantitative estimate of drug-likeness (QED) is 0.0318. The minimum atomic E-state index is -2.96. The van der Waals surface area contributed by atoms with E-state index >= 15 is 0 Å². The molecule has 12 nitrogen and oxygen atoms in total. The topological polar surface area (TPSA) is 118 Å². The minimum absolute atomic E-state index is 0. The zero-order valence-electron chi connectivity index (χ0n) is 76.4. The molecule has 0 fully saturated rings. The summed E-state index contributed by atoms with van der Waals surface area (Å²) in [6.45, 7) is 11.0.